The highest BCUT2D eigenvalue weighted by molar-refractivity contribution is 7.20. The Labute approximate surface area is 160 Å². The first kappa shape index (κ1) is 19.0. The lowest BCUT2D eigenvalue weighted by Gasteiger charge is -2.08. The highest BCUT2D eigenvalue weighted by atomic mass is 32.1. The number of hydrogen-bond donors (Lipinski definition) is 1. The van der Waals surface area contributed by atoms with Crippen molar-refractivity contribution in [1.29, 1.82) is 0 Å². The molecule has 0 saturated carbocycles. The summed E-state index contributed by atoms with van der Waals surface area (Å²) in [6.07, 6.45) is 3.31. The monoisotopic (exact) mass is 388 g/mol. The molecule has 3 aromatic rings. The molecule has 0 spiro atoms. The van der Waals surface area contributed by atoms with Crippen LogP contribution in [0.1, 0.15) is 26.6 Å². The zero-order valence-corrected chi connectivity index (χ0v) is 16.3. The zero-order chi connectivity index (χ0) is 19.4. The molecule has 3 heterocycles. The van der Waals surface area contributed by atoms with Crippen LogP contribution >= 0.6 is 11.3 Å². The maximum absolute atomic E-state index is 12.7. The van der Waals surface area contributed by atoms with E-state index in [0.717, 1.165) is 16.5 Å². The SMILES string of the molecule is COCc1nc(OC)c2c(C)c(C(=O)NCc3cnccc3OC)sc2n1. The van der Waals surface area contributed by atoms with E-state index in [-0.39, 0.29) is 12.5 Å². The predicted octanol–water partition coefficient (Wildman–Crippen LogP) is 2.49. The topological polar surface area (TPSA) is 95.5 Å². The van der Waals surface area contributed by atoms with Gasteiger partial charge < -0.3 is 19.5 Å². The number of nitrogens with one attached hydrogen (secondary N) is 1. The van der Waals surface area contributed by atoms with Gasteiger partial charge in [0.1, 0.15) is 17.2 Å². The molecule has 0 saturated heterocycles. The second-order valence-corrected chi connectivity index (χ2v) is 6.69. The minimum atomic E-state index is -0.197. The van der Waals surface area contributed by atoms with Gasteiger partial charge in [-0.1, -0.05) is 0 Å². The third kappa shape index (κ3) is 3.83. The molecule has 0 aliphatic carbocycles. The molecule has 1 N–H and O–H groups in total. The van der Waals surface area contributed by atoms with Crippen molar-refractivity contribution < 1.29 is 19.0 Å². The summed E-state index contributed by atoms with van der Waals surface area (Å²) in [7, 11) is 4.70. The zero-order valence-electron chi connectivity index (χ0n) is 15.5. The molecular formula is C18H20N4O4S. The molecule has 0 atom stereocenters. The number of fused-ring (bicyclic) bond motifs is 1. The Kier molecular flexibility index (Phi) is 5.82. The van der Waals surface area contributed by atoms with Crippen molar-refractivity contribution in [3.63, 3.8) is 0 Å². The summed E-state index contributed by atoms with van der Waals surface area (Å²) >= 11 is 1.30. The number of thiophene rings is 1. The third-order valence-electron chi connectivity index (χ3n) is 3.99. The van der Waals surface area contributed by atoms with Crippen LogP contribution in [0.5, 0.6) is 11.6 Å². The minimum Gasteiger partial charge on any atom is -0.496 e. The van der Waals surface area contributed by atoms with E-state index in [1.807, 2.05) is 6.92 Å². The summed E-state index contributed by atoms with van der Waals surface area (Å²) in [6, 6.07) is 1.75. The average molecular weight is 388 g/mol. The molecule has 0 aromatic carbocycles. The van der Waals surface area contributed by atoms with E-state index >= 15 is 0 Å². The first-order valence-corrected chi connectivity index (χ1v) is 8.98. The molecule has 0 fully saturated rings. The van der Waals surface area contributed by atoms with Crippen LogP contribution in [0.3, 0.4) is 0 Å². The number of nitrogens with zero attached hydrogens (tertiary/aromatic N) is 3. The molecule has 0 radical (unpaired) electrons. The van der Waals surface area contributed by atoms with Gasteiger partial charge >= 0.3 is 0 Å². The lowest BCUT2D eigenvalue weighted by Crippen LogP contribution is -2.22. The van der Waals surface area contributed by atoms with Crippen molar-refractivity contribution in [2.45, 2.75) is 20.1 Å². The average Bonchev–Trinajstić information content (AvgIpc) is 3.02. The number of carbonyl (C=O) groups is 1. The first-order chi connectivity index (χ1) is 13.1. The molecule has 8 nitrogen and oxygen atoms in total. The lowest BCUT2D eigenvalue weighted by molar-refractivity contribution is 0.0954. The van der Waals surface area contributed by atoms with Crippen LogP contribution in [-0.2, 0) is 17.9 Å². The summed E-state index contributed by atoms with van der Waals surface area (Å²) < 4.78 is 15.8. The van der Waals surface area contributed by atoms with Crippen LogP contribution in [0, 0.1) is 6.92 Å². The predicted molar refractivity (Wildman–Crippen MR) is 101 cm³/mol. The van der Waals surface area contributed by atoms with Crippen LogP contribution in [0.2, 0.25) is 0 Å². The number of rotatable bonds is 7. The fourth-order valence-corrected chi connectivity index (χ4v) is 3.81. The van der Waals surface area contributed by atoms with Gasteiger partial charge in [-0.3, -0.25) is 9.78 Å². The van der Waals surface area contributed by atoms with Crippen molar-refractivity contribution in [3.8, 4) is 11.6 Å². The number of carbonyl (C=O) groups excluding carboxylic acids is 1. The molecule has 27 heavy (non-hydrogen) atoms. The van der Waals surface area contributed by atoms with Crippen LogP contribution in [0.4, 0.5) is 0 Å². The van der Waals surface area contributed by atoms with Gasteiger partial charge in [0.15, 0.2) is 5.82 Å². The van der Waals surface area contributed by atoms with Crippen LogP contribution in [-0.4, -0.2) is 42.2 Å². The number of aryl methyl sites for hydroxylation is 1. The minimum absolute atomic E-state index is 0.197. The fourth-order valence-electron chi connectivity index (χ4n) is 2.70. The van der Waals surface area contributed by atoms with E-state index in [4.69, 9.17) is 14.2 Å². The Hall–Kier alpha value is -2.78. The van der Waals surface area contributed by atoms with Crippen molar-refractivity contribution in [3.05, 3.63) is 40.3 Å². The lowest BCUT2D eigenvalue weighted by atomic mass is 10.2. The largest absolute Gasteiger partial charge is 0.496 e. The van der Waals surface area contributed by atoms with Crippen molar-refractivity contribution in [1.82, 2.24) is 20.3 Å². The van der Waals surface area contributed by atoms with Gasteiger partial charge in [0.25, 0.3) is 5.91 Å². The number of aromatic nitrogens is 3. The number of amides is 1. The van der Waals surface area contributed by atoms with Crippen molar-refractivity contribution in [2.75, 3.05) is 21.3 Å². The quantitative estimate of drug-likeness (QED) is 0.664. The van der Waals surface area contributed by atoms with E-state index < -0.39 is 0 Å². The van der Waals surface area contributed by atoms with Gasteiger partial charge in [0.2, 0.25) is 5.88 Å². The molecule has 3 rings (SSSR count). The molecule has 0 unspecified atom stereocenters. The van der Waals surface area contributed by atoms with Crippen molar-refractivity contribution >= 4 is 27.5 Å². The highest BCUT2D eigenvalue weighted by Crippen LogP contribution is 2.35. The van der Waals surface area contributed by atoms with Gasteiger partial charge in [-0.05, 0) is 18.6 Å². The Morgan fingerprint density at radius 3 is 2.74 bits per heavy atom. The molecule has 1 amide bonds. The maximum atomic E-state index is 12.7. The molecule has 0 bridgehead atoms. The normalized spacial score (nSPS) is 10.8. The van der Waals surface area contributed by atoms with E-state index in [1.165, 1.54) is 11.3 Å². The first-order valence-electron chi connectivity index (χ1n) is 8.17. The van der Waals surface area contributed by atoms with E-state index in [1.54, 1.807) is 39.8 Å². The molecule has 9 heteroatoms. The van der Waals surface area contributed by atoms with Crippen molar-refractivity contribution in [2.24, 2.45) is 0 Å². The number of methoxy groups -OCH3 is 3. The van der Waals surface area contributed by atoms with Gasteiger partial charge in [-0.15, -0.1) is 11.3 Å². The van der Waals surface area contributed by atoms with E-state index in [2.05, 4.69) is 20.3 Å². The summed E-state index contributed by atoms with van der Waals surface area (Å²) in [5, 5.41) is 3.65. The van der Waals surface area contributed by atoms with E-state index in [9.17, 15) is 4.79 Å². The smallest absolute Gasteiger partial charge is 0.261 e. The molecule has 142 valence electrons. The van der Waals surface area contributed by atoms with Gasteiger partial charge in [-0.2, -0.15) is 4.98 Å². The number of pyridine rings is 1. The summed E-state index contributed by atoms with van der Waals surface area (Å²) in [5.74, 6) is 1.43. The summed E-state index contributed by atoms with van der Waals surface area (Å²) in [4.78, 5) is 26.9. The van der Waals surface area contributed by atoms with Gasteiger partial charge in [0, 0.05) is 31.6 Å². The van der Waals surface area contributed by atoms with Crippen LogP contribution < -0.4 is 14.8 Å². The second kappa shape index (κ2) is 8.28. The second-order valence-electron chi connectivity index (χ2n) is 5.69. The van der Waals surface area contributed by atoms with Crippen LogP contribution in [0.15, 0.2) is 18.5 Å². The standard InChI is InChI=1S/C18H20N4O4S/c1-10-14-17(26-4)21-13(9-24-2)22-18(14)27-15(10)16(23)20-8-11-7-19-6-5-12(11)25-3/h5-7H,8-9H2,1-4H3,(H,20,23). The fraction of sp³-hybridized carbons (Fsp3) is 0.333. The Morgan fingerprint density at radius 1 is 1.22 bits per heavy atom. The summed E-state index contributed by atoms with van der Waals surface area (Å²) in [6.45, 7) is 2.44. The van der Waals surface area contributed by atoms with Gasteiger partial charge in [0.05, 0.1) is 24.5 Å². The Morgan fingerprint density at radius 2 is 2.04 bits per heavy atom. The summed E-state index contributed by atoms with van der Waals surface area (Å²) in [5.41, 5.74) is 1.58. The molecule has 0 aliphatic heterocycles. The van der Waals surface area contributed by atoms with E-state index in [0.29, 0.717) is 33.7 Å². The van der Waals surface area contributed by atoms with Gasteiger partial charge in [-0.25, -0.2) is 4.98 Å². The Balaban J connectivity index is 1.89. The number of ether oxygens (including phenoxy) is 3. The maximum Gasteiger partial charge on any atom is 0.261 e. The Bertz CT molecular complexity index is 973. The molecule has 3 aromatic heterocycles. The highest BCUT2D eigenvalue weighted by Gasteiger charge is 2.21. The molecular weight excluding hydrogens is 368 g/mol. The number of hydrogen-bond acceptors (Lipinski definition) is 8. The van der Waals surface area contributed by atoms with Crippen LogP contribution in [0.25, 0.3) is 10.2 Å². The third-order valence-corrected chi connectivity index (χ3v) is 5.18. The molecule has 0 aliphatic rings.